The van der Waals surface area contributed by atoms with Crippen molar-refractivity contribution in [3.8, 4) is 0 Å². The standard InChI is InChI=1S/C11H10N2O3S2/c1-6-5-17-11(12-6)13-9(14)7-3-4-8(18-7)10(15)16-2/h3-5H,1-2H3,(H,12,13,14). The van der Waals surface area contributed by atoms with Crippen molar-refractivity contribution in [1.29, 1.82) is 0 Å². The summed E-state index contributed by atoms with van der Waals surface area (Å²) >= 11 is 2.45. The van der Waals surface area contributed by atoms with Gasteiger partial charge in [-0.05, 0) is 19.1 Å². The first-order chi connectivity index (χ1) is 8.60. The maximum absolute atomic E-state index is 11.9. The molecule has 0 saturated heterocycles. The molecule has 0 aliphatic heterocycles. The number of nitrogens with zero attached hydrogens (tertiary/aromatic N) is 1. The van der Waals surface area contributed by atoms with Crippen LogP contribution in [0.2, 0.25) is 0 Å². The highest BCUT2D eigenvalue weighted by molar-refractivity contribution is 7.16. The molecule has 94 valence electrons. The van der Waals surface area contributed by atoms with Gasteiger partial charge in [0, 0.05) is 5.38 Å². The first kappa shape index (κ1) is 12.7. The number of nitrogens with one attached hydrogen (secondary N) is 1. The minimum atomic E-state index is -0.441. The van der Waals surface area contributed by atoms with Gasteiger partial charge >= 0.3 is 5.97 Å². The number of carbonyl (C=O) groups is 2. The Morgan fingerprint density at radius 3 is 2.67 bits per heavy atom. The molecule has 2 rings (SSSR count). The summed E-state index contributed by atoms with van der Waals surface area (Å²) in [7, 11) is 1.31. The van der Waals surface area contributed by atoms with E-state index in [1.54, 1.807) is 12.1 Å². The number of thiophene rings is 1. The van der Waals surface area contributed by atoms with Crippen LogP contribution < -0.4 is 5.32 Å². The fourth-order valence-electron chi connectivity index (χ4n) is 1.24. The van der Waals surface area contributed by atoms with E-state index in [0.29, 0.717) is 14.9 Å². The third kappa shape index (κ3) is 2.74. The molecule has 18 heavy (non-hydrogen) atoms. The maximum atomic E-state index is 11.9. The molecule has 7 heteroatoms. The molecule has 2 heterocycles. The Kier molecular flexibility index (Phi) is 3.73. The van der Waals surface area contributed by atoms with Crippen molar-refractivity contribution in [2.45, 2.75) is 6.92 Å². The molecule has 0 aromatic carbocycles. The van der Waals surface area contributed by atoms with E-state index < -0.39 is 5.97 Å². The van der Waals surface area contributed by atoms with Gasteiger partial charge in [-0.1, -0.05) is 0 Å². The van der Waals surface area contributed by atoms with E-state index >= 15 is 0 Å². The molecule has 2 aromatic heterocycles. The number of amides is 1. The van der Waals surface area contributed by atoms with Crippen LogP contribution in [-0.2, 0) is 4.74 Å². The number of aromatic nitrogens is 1. The van der Waals surface area contributed by atoms with Crippen LogP contribution in [0.1, 0.15) is 25.0 Å². The predicted octanol–water partition coefficient (Wildman–Crippen LogP) is 2.55. The second kappa shape index (κ2) is 5.28. The number of hydrogen-bond donors (Lipinski definition) is 1. The quantitative estimate of drug-likeness (QED) is 0.878. The summed E-state index contributed by atoms with van der Waals surface area (Å²) in [6.45, 7) is 1.85. The Balaban J connectivity index is 2.09. The number of aryl methyl sites for hydroxylation is 1. The first-order valence-corrected chi connectivity index (χ1v) is 6.71. The Hall–Kier alpha value is -1.73. The van der Waals surface area contributed by atoms with Crippen LogP contribution in [0.4, 0.5) is 5.13 Å². The third-order valence-corrected chi connectivity index (χ3v) is 4.00. The Labute approximate surface area is 111 Å². The zero-order valence-corrected chi connectivity index (χ0v) is 11.4. The summed E-state index contributed by atoms with van der Waals surface area (Å²) < 4.78 is 4.58. The summed E-state index contributed by atoms with van der Waals surface area (Å²) in [6, 6.07) is 3.16. The molecule has 0 atom stereocenters. The van der Waals surface area contributed by atoms with E-state index in [9.17, 15) is 9.59 Å². The maximum Gasteiger partial charge on any atom is 0.348 e. The van der Waals surface area contributed by atoms with Gasteiger partial charge in [-0.15, -0.1) is 22.7 Å². The second-order valence-electron chi connectivity index (χ2n) is 3.40. The molecule has 0 bridgehead atoms. The smallest absolute Gasteiger partial charge is 0.348 e. The molecule has 1 amide bonds. The van der Waals surface area contributed by atoms with Crippen molar-refractivity contribution < 1.29 is 14.3 Å². The fraction of sp³-hybridized carbons (Fsp3) is 0.182. The highest BCUT2D eigenvalue weighted by Crippen LogP contribution is 2.20. The van der Waals surface area contributed by atoms with Gasteiger partial charge in [-0.25, -0.2) is 9.78 Å². The molecule has 2 aromatic rings. The SMILES string of the molecule is COC(=O)c1ccc(C(=O)Nc2nc(C)cs2)s1. The molecule has 0 unspecified atom stereocenters. The van der Waals surface area contributed by atoms with E-state index in [0.717, 1.165) is 17.0 Å². The molecule has 0 radical (unpaired) electrons. The average molecular weight is 282 g/mol. The Bertz CT molecular complexity index is 589. The molecule has 0 fully saturated rings. The van der Waals surface area contributed by atoms with Crippen LogP contribution in [-0.4, -0.2) is 24.0 Å². The number of carbonyl (C=O) groups excluding carboxylic acids is 2. The molecule has 1 N–H and O–H groups in total. The molecular formula is C11H10N2O3S2. The van der Waals surface area contributed by atoms with Gasteiger partial charge in [-0.3, -0.25) is 10.1 Å². The Morgan fingerprint density at radius 1 is 1.33 bits per heavy atom. The predicted molar refractivity (Wildman–Crippen MR) is 70.5 cm³/mol. The summed E-state index contributed by atoms with van der Waals surface area (Å²) in [5.41, 5.74) is 0.858. The number of esters is 1. The van der Waals surface area contributed by atoms with Crippen LogP contribution in [0.3, 0.4) is 0 Å². The second-order valence-corrected chi connectivity index (χ2v) is 5.35. The minimum absolute atomic E-state index is 0.274. The van der Waals surface area contributed by atoms with Gasteiger partial charge in [0.2, 0.25) is 0 Å². The lowest BCUT2D eigenvalue weighted by Gasteiger charge is -1.97. The van der Waals surface area contributed by atoms with E-state index in [1.165, 1.54) is 18.4 Å². The van der Waals surface area contributed by atoms with Crippen molar-refractivity contribution in [3.05, 3.63) is 33.0 Å². The van der Waals surface area contributed by atoms with Crippen LogP contribution >= 0.6 is 22.7 Å². The van der Waals surface area contributed by atoms with Gasteiger partial charge < -0.3 is 4.74 Å². The van der Waals surface area contributed by atoms with Crippen LogP contribution in [0.5, 0.6) is 0 Å². The van der Waals surface area contributed by atoms with E-state index in [-0.39, 0.29) is 5.91 Å². The molecule has 5 nitrogen and oxygen atoms in total. The van der Waals surface area contributed by atoms with Crippen molar-refractivity contribution >= 4 is 39.7 Å². The van der Waals surface area contributed by atoms with Crippen molar-refractivity contribution in [3.63, 3.8) is 0 Å². The number of methoxy groups -OCH3 is 1. The minimum Gasteiger partial charge on any atom is -0.465 e. The lowest BCUT2D eigenvalue weighted by Crippen LogP contribution is -2.09. The van der Waals surface area contributed by atoms with Crippen molar-refractivity contribution in [2.24, 2.45) is 0 Å². The Morgan fingerprint density at radius 2 is 2.06 bits per heavy atom. The van der Waals surface area contributed by atoms with Crippen molar-refractivity contribution in [2.75, 3.05) is 12.4 Å². The topological polar surface area (TPSA) is 68.3 Å². The van der Waals surface area contributed by atoms with Gasteiger partial charge in [-0.2, -0.15) is 0 Å². The zero-order chi connectivity index (χ0) is 13.1. The lowest BCUT2D eigenvalue weighted by atomic mass is 10.4. The van der Waals surface area contributed by atoms with Gasteiger partial charge in [0.05, 0.1) is 17.7 Å². The van der Waals surface area contributed by atoms with Crippen LogP contribution in [0, 0.1) is 6.92 Å². The van der Waals surface area contributed by atoms with Gasteiger partial charge in [0.15, 0.2) is 5.13 Å². The van der Waals surface area contributed by atoms with Crippen molar-refractivity contribution in [1.82, 2.24) is 4.98 Å². The summed E-state index contributed by atoms with van der Waals surface area (Å²) in [5.74, 6) is -0.714. The number of anilines is 1. The average Bonchev–Trinajstić information content (AvgIpc) is 2.97. The van der Waals surface area contributed by atoms with Gasteiger partial charge in [0.25, 0.3) is 5.91 Å². The summed E-state index contributed by atoms with van der Waals surface area (Å²) in [5, 5.41) is 5.07. The molecule has 0 aliphatic carbocycles. The lowest BCUT2D eigenvalue weighted by molar-refractivity contribution is 0.0606. The monoisotopic (exact) mass is 282 g/mol. The first-order valence-electron chi connectivity index (χ1n) is 5.02. The highest BCUT2D eigenvalue weighted by Gasteiger charge is 2.14. The molecular weight excluding hydrogens is 272 g/mol. The largest absolute Gasteiger partial charge is 0.465 e. The highest BCUT2D eigenvalue weighted by atomic mass is 32.1. The number of thiazole rings is 1. The summed E-state index contributed by atoms with van der Waals surface area (Å²) in [4.78, 5) is 28.1. The number of ether oxygens (including phenoxy) is 1. The molecule has 0 aliphatic rings. The number of rotatable bonds is 3. The van der Waals surface area contributed by atoms with E-state index in [1.807, 2.05) is 12.3 Å². The molecule has 0 saturated carbocycles. The van der Waals surface area contributed by atoms with E-state index in [4.69, 9.17) is 0 Å². The summed E-state index contributed by atoms with van der Waals surface area (Å²) in [6.07, 6.45) is 0. The zero-order valence-electron chi connectivity index (χ0n) is 9.72. The molecule has 0 spiro atoms. The van der Waals surface area contributed by atoms with Gasteiger partial charge in [0.1, 0.15) is 4.88 Å². The fourth-order valence-corrected chi connectivity index (χ4v) is 2.74. The third-order valence-electron chi connectivity index (χ3n) is 2.06. The number of hydrogen-bond acceptors (Lipinski definition) is 6. The normalized spacial score (nSPS) is 10.1. The van der Waals surface area contributed by atoms with E-state index in [2.05, 4.69) is 15.0 Å². The van der Waals surface area contributed by atoms with Crippen LogP contribution in [0.25, 0.3) is 0 Å². The van der Waals surface area contributed by atoms with Crippen LogP contribution in [0.15, 0.2) is 17.5 Å².